The summed E-state index contributed by atoms with van der Waals surface area (Å²) in [5.74, 6) is 0.155. The highest BCUT2D eigenvalue weighted by Gasteiger charge is 2.35. The Morgan fingerprint density at radius 2 is 1.57 bits per heavy atom. The quantitative estimate of drug-likeness (QED) is 0.177. The number of hydrogen-bond donors (Lipinski definition) is 1. The molecule has 1 heterocycles. The highest BCUT2D eigenvalue weighted by Crippen LogP contribution is 2.39. The maximum Gasteiger partial charge on any atom is 0.271 e. The van der Waals surface area contributed by atoms with E-state index in [4.69, 9.17) is 60.9 Å². The van der Waals surface area contributed by atoms with Gasteiger partial charge < -0.3 is 14.8 Å². The van der Waals surface area contributed by atoms with Crippen LogP contribution in [0.5, 0.6) is 11.5 Å². The van der Waals surface area contributed by atoms with Gasteiger partial charge in [-0.05, 0) is 109 Å². The molecule has 0 atom stereocenters. The molecular weight excluding hydrogens is 664 g/mol. The van der Waals surface area contributed by atoms with Crippen molar-refractivity contribution in [1.82, 2.24) is 0 Å². The highest BCUT2D eigenvalue weighted by molar-refractivity contribution is 8.19. The Balaban J connectivity index is 1.37. The molecule has 1 N–H and O–H groups in total. The lowest BCUT2D eigenvalue weighted by molar-refractivity contribution is -0.118. The monoisotopic (exact) mass is 685 g/mol. The number of ether oxygens (including phenoxy) is 2. The minimum Gasteiger partial charge on any atom is -0.490 e. The van der Waals surface area contributed by atoms with Crippen molar-refractivity contribution in [1.29, 1.82) is 0 Å². The second-order valence-electron chi connectivity index (χ2n) is 9.20. The van der Waals surface area contributed by atoms with E-state index in [1.54, 1.807) is 91.0 Å². The molecule has 12 heteroatoms. The van der Waals surface area contributed by atoms with E-state index in [1.807, 2.05) is 6.92 Å². The van der Waals surface area contributed by atoms with Crippen molar-refractivity contribution in [2.24, 2.45) is 4.99 Å². The Morgan fingerprint density at radius 1 is 0.864 bits per heavy atom. The molecule has 0 aliphatic carbocycles. The molecule has 7 nitrogen and oxygen atoms in total. The fourth-order valence-corrected chi connectivity index (χ4v) is 5.61. The number of nitrogens with one attached hydrogen (secondary N) is 1. The largest absolute Gasteiger partial charge is 0.490 e. The summed E-state index contributed by atoms with van der Waals surface area (Å²) in [6.07, 6.45) is 1.75. The summed E-state index contributed by atoms with van der Waals surface area (Å²) in [7, 11) is 0. The van der Waals surface area contributed by atoms with E-state index in [1.165, 1.54) is 16.7 Å². The second-order valence-corrected chi connectivity index (χ2v) is 11.9. The molecule has 4 aromatic carbocycles. The molecule has 4 aromatic rings. The highest BCUT2D eigenvalue weighted by atomic mass is 35.5. The number of carbonyl (C=O) groups excluding carboxylic acids is 2. The molecule has 1 aliphatic heterocycles. The average molecular weight is 687 g/mol. The van der Waals surface area contributed by atoms with E-state index in [9.17, 15) is 9.59 Å². The third-order valence-corrected chi connectivity index (χ3v) is 8.28. The summed E-state index contributed by atoms with van der Waals surface area (Å²) in [5.41, 5.74) is 2.46. The lowest BCUT2D eigenvalue weighted by Crippen LogP contribution is -2.28. The van der Waals surface area contributed by atoms with Crippen LogP contribution in [0, 0.1) is 0 Å². The summed E-state index contributed by atoms with van der Waals surface area (Å²) in [6, 6.07) is 24.0. The number of rotatable bonds is 9. The average Bonchev–Trinajstić information content (AvgIpc) is 3.30. The van der Waals surface area contributed by atoms with Gasteiger partial charge in [0.15, 0.2) is 23.3 Å². The smallest absolute Gasteiger partial charge is 0.271 e. The molecule has 224 valence electrons. The summed E-state index contributed by atoms with van der Waals surface area (Å²) in [6.45, 7) is 1.93. The molecular formula is C32H23Cl4N3O4S. The minimum absolute atomic E-state index is 0.248. The maximum atomic E-state index is 13.7. The zero-order valence-corrected chi connectivity index (χ0v) is 26.9. The maximum absolute atomic E-state index is 13.7. The third kappa shape index (κ3) is 7.88. The van der Waals surface area contributed by atoms with Crippen molar-refractivity contribution in [3.05, 3.63) is 115 Å². The van der Waals surface area contributed by atoms with Crippen molar-refractivity contribution in [3.8, 4) is 11.5 Å². The van der Waals surface area contributed by atoms with Crippen LogP contribution in [-0.2, 0) is 9.59 Å². The Labute approximate surface area is 278 Å². The van der Waals surface area contributed by atoms with Crippen LogP contribution in [0.3, 0.4) is 0 Å². The number of halogens is 4. The number of nitrogens with zero attached hydrogens (tertiary/aromatic N) is 2. The zero-order valence-electron chi connectivity index (χ0n) is 23.0. The lowest BCUT2D eigenvalue weighted by atomic mass is 10.1. The summed E-state index contributed by atoms with van der Waals surface area (Å²) >= 11 is 25.3. The molecule has 1 saturated heterocycles. The van der Waals surface area contributed by atoms with Crippen molar-refractivity contribution < 1.29 is 19.1 Å². The van der Waals surface area contributed by atoms with Crippen LogP contribution < -0.4 is 19.7 Å². The molecule has 0 bridgehead atoms. The number of benzene rings is 4. The van der Waals surface area contributed by atoms with E-state index in [2.05, 4.69) is 5.32 Å². The van der Waals surface area contributed by atoms with Gasteiger partial charge in [-0.3, -0.25) is 14.5 Å². The van der Waals surface area contributed by atoms with Gasteiger partial charge in [-0.25, -0.2) is 4.99 Å². The molecule has 0 aromatic heterocycles. The van der Waals surface area contributed by atoms with Crippen molar-refractivity contribution in [2.45, 2.75) is 6.92 Å². The number of carbonyl (C=O) groups is 2. The predicted molar refractivity (Wildman–Crippen MR) is 181 cm³/mol. The van der Waals surface area contributed by atoms with Gasteiger partial charge in [-0.2, -0.15) is 0 Å². The molecule has 0 radical (unpaired) electrons. The number of amides is 2. The normalized spacial score (nSPS) is 14.8. The van der Waals surface area contributed by atoms with E-state index < -0.39 is 0 Å². The van der Waals surface area contributed by atoms with Crippen molar-refractivity contribution >= 4 is 98.3 Å². The third-order valence-electron chi connectivity index (χ3n) is 6.07. The number of amidine groups is 1. The van der Waals surface area contributed by atoms with E-state index >= 15 is 0 Å². The Morgan fingerprint density at radius 3 is 2.25 bits per heavy atom. The second kappa shape index (κ2) is 14.4. The zero-order chi connectivity index (χ0) is 31.2. The van der Waals surface area contributed by atoms with Crippen LogP contribution in [0.2, 0.25) is 20.1 Å². The van der Waals surface area contributed by atoms with Crippen molar-refractivity contribution in [3.63, 3.8) is 0 Å². The van der Waals surface area contributed by atoms with Crippen LogP contribution in [0.1, 0.15) is 12.5 Å². The first kappa shape index (κ1) is 31.8. The van der Waals surface area contributed by atoms with Gasteiger partial charge >= 0.3 is 0 Å². The van der Waals surface area contributed by atoms with Gasteiger partial charge in [0.1, 0.15) is 0 Å². The van der Waals surface area contributed by atoms with E-state index in [0.717, 1.165) is 0 Å². The molecule has 1 aliphatic rings. The molecule has 1 fully saturated rings. The lowest BCUT2D eigenvalue weighted by Gasteiger charge is -2.15. The fraction of sp³-hybridized carbons (Fsp3) is 0.0938. The minimum atomic E-state index is -0.389. The Hall–Kier alpha value is -3.66. The summed E-state index contributed by atoms with van der Waals surface area (Å²) in [5, 5.41) is 5.04. The number of hydrogen-bond acceptors (Lipinski definition) is 6. The Bertz CT molecular complexity index is 1760. The van der Waals surface area contributed by atoms with Crippen LogP contribution >= 0.6 is 58.2 Å². The summed E-state index contributed by atoms with van der Waals surface area (Å²) < 4.78 is 11.6. The number of aliphatic imine (C=N–C) groups is 1. The van der Waals surface area contributed by atoms with Gasteiger partial charge in [-0.15, -0.1) is 0 Å². The molecule has 0 unspecified atom stereocenters. The van der Waals surface area contributed by atoms with Gasteiger partial charge in [0.25, 0.3) is 11.8 Å². The van der Waals surface area contributed by atoms with Gasteiger partial charge in [0.05, 0.1) is 32.9 Å². The van der Waals surface area contributed by atoms with Crippen LogP contribution in [0.25, 0.3) is 6.08 Å². The van der Waals surface area contributed by atoms with Crippen LogP contribution in [0.15, 0.2) is 94.8 Å². The van der Waals surface area contributed by atoms with E-state index in [-0.39, 0.29) is 18.4 Å². The molecule has 44 heavy (non-hydrogen) atoms. The first-order valence-corrected chi connectivity index (χ1v) is 15.5. The fourth-order valence-electron chi connectivity index (χ4n) is 4.06. The summed E-state index contributed by atoms with van der Waals surface area (Å²) in [4.78, 5) is 32.9. The number of anilines is 2. The molecule has 2 amide bonds. The van der Waals surface area contributed by atoms with E-state index in [0.29, 0.717) is 70.9 Å². The standard InChI is InChI=1S/C32H23Cl4N3O4S/c1-2-42-28-15-19(3-14-27(28)43-18-30(40)37-23-10-13-25(35)26(36)17-23)16-29-31(41)39(24-11-6-21(34)7-12-24)32(44-29)38-22-8-4-20(33)5-9-22/h3-17H,2,18H2,1H3,(H,37,40)/b29-16+,38-32?. The molecule has 0 saturated carbocycles. The Kier molecular flexibility index (Phi) is 10.4. The first-order chi connectivity index (χ1) is 21.2. The number of thioether (sulfide) groups is 1. The van der Waals surface area contributed by atoms with Crippen molar-refractivity contribution in [2.75, 3.05) is 23.4 Å². The molecule has 5 rings (SSSR count). The van der Waals surface area contributed by atoms with Gasteiger partial charge in [-0.1, -0.05) is 52.5 Å². The first-order valence-electron chi connectivity index (χ1n) is 13.2. The SMILES string of the molecule is CCOc1cc(/C=C2/SC(=Nc3ccc(Cl)cc3)N(c3ccc(Cl)cc3)C2=O)ccc1OCC(=O)Nc1ccc(Cl)c(Cl)c1. The topological polar surface area (TPSA) is 80.2 Å². The van der Waals surface area contributed by atoms with Crippen LogP contribution in [0.4, 0.5) is 17.1 Å². The molecule has 0 spiro atoms. The predicted octanol–water partition coefficient (Wildman–Crippen LogP) is 9.52. The van der Waals surface area contributed by atoms with Crippen LogP contribution in [-0.4, -0.2) is 30.2 Å². The van der Waals surface area contributed by atoms with Gasteiger partial charge in [0, 0.05) is 15.7 Å². The van der Waals surface area contributed by atoms with Gasteiger partial charge in [0.2, 0.25) is 0 Å².